The number of hydrogen-bond acceptors (Lipinski definition) is 2. The molecule has 0 atom stereocenters. The molecule has 1 aliphatic carbocycles. The van der Waals surface area contributed by atoms with E-state index in [-0.39, 0.29) is 0 Å². The van der Waals surface area contributed by atoms with E-state index < -0.39 is 0 Å². The van der Waals surface area contributed by atoms with Crippen molar-refractivity contribution in [2.45, 2.75) is 44.9 Å². The predicted molar refractivity (Wildman–Crippen MR) is 78.9 cm³/mol. The van der Waals surface area contributed by atoms with Crippen LogP contribution >= 0.6 is 0 Å². The Morgan fingerprint density at radius 1 is 1.16 bits per heavy atom. The van der Waals surface area contributed by atoms with E-state index in [0.717, 1.165) is 37.8 Å². The number of hydrogen-bond donors (Lipinski definition) is 1. The fourth-order valence-electron chi connectivity index (χ4n) is 2.89. The highest BCUT2D eigenvalue weighted by Crippen LogP contribution is 2.35. The van der Waals surface area contributed by atoms with E-state index >= 15 is 0 Å². The number of benzene rings is 1. The zero-order chi connectivity index (χ0) is 13.1. The third-order valence-corrected chi connectivity index (χ3v) is 4.44. The number of ether oxygens (including phenoxy) is 1. The van der Waals surface area contributed by atoms with E-state index in [1.165, 1.54) is 36.8 Å². The van der Waals surface area contributed by atoms with Crippen LogP contribution in [0, 0.1) is 5.92 Å². The molecule has 1 aromatic rings. The Labute approximate surface area is 116 Å². The summed E-state index contributed by atoms with van der Waals surface area (Å²) in [5.41, 5.74) is 2.84. The molecule has 3 rings (SSSR count). The number of nitrogens with one attached hydrogen (secondary N) is 1. The molecule has 19 heavy (non-hydrogen) atoms. The predicted octanol–water partition coefficient (Wildman–Crippen LogP) is 3.50. The second-order valence-electron chi connectivity index (χ2n) is 6.00. The molecular formula is C17H25NO. The Morgan fingerprint density at radius 3 is 2.63 bits per heavy atom. The van der Waals surface area contributed by atoms with Gasteiger partial charge in [-0.15, -0.1) is 0 Å². The Bertz CT molecular complexity index is 419. The summed E-state index contributed by atoms with van der Waals surface area (Å²) in [6.45, 7) is 5.42. The second kappa shape index (κ2) is 5.96. The Morgan fingerprint density at radius 2 is 1.95 bits per heavy atom. The zero-order valence-corrected chi connectivity index (χ0v) is 12.0. The van der Waals surface area contributed by atoms with Crippen LogP contribution in [-0.4, -0.2) is 19.7 Å². The van der Waals surface area contributed by atoms with Crippen LogP contribution in [-0.2, 0) is 6.42 Å². The first kappa shape index (κ1) is 13.0. The molecule has 0 unspecified atom stereocenters. The average molecular weight is 259 g/mol. The van der Waals surface area contributed by atoms with Crippen molar-refractivity contribution in [1.29, 1.82) is 0 Å². The molecule has 0 radical (unpaired) electrons. The molecular weight excluding hydrogens is 234 g/mol. The van der Waals surface area contributed by atoms with Crippen LogP contribution in [0.15, 0.2) is 18.2 Å². The van der Waals surface area contributed by atoms with Gasteiger partial charge in [-0.3, -0.25) is 0 Å². The van der Waals surface area contributed by atoms with Gasteiger partial charge in [0.1, 0.15) is 5.75 Å². The van der Waals surface area contributed by atoms with Gasteiger partial charge in [0, 0.05) is 0 Å². The van der Waals surface area contributed by atoms with Gasteiger partial charge in [-0.1, -0.05) is 19.1 Å². The molecule has 0 amide bonds. The molecule has 0 bridgehead atoms. The fraction of sp³-hybridized carbons (Fsp3) is 0.647. The molecule has 2 aliphatic rings. The van der Waals surface area contributed by atoms with Gasteiger partial charge in [0.25, 0.3) is 0 Å². The molecule has 2 nitrogen and oxygen atoms in total. The summed E-state index contributed by atoms with van der Waals surface area (Å²) < 4.78 is 6.14. The highest BCUT2D eigenvalue weighted by Gasteiger charge is 2.24. The summed E-state index contributed by atoms with van der Waals surface area (Å²) >= 11 is 0. The monoisotopic (exact) mass is 259 g/mol. The number of aryl methyl sites for hydroxylation is 1. The van der Waals surface area contributed by atoms with Gasteiger partial charge < -0.3 is 10.1 Å². The smallest absolute Gasteiger partial charge is 0.123 e. The number of rotatable bonds is 5. The van der Waals surface area contributed by atoms with Crippen LogP contribution in [0.4, 0.5) is 0 Å². The summed E-state index contributed by atoms with van der Waals surface area (Å²) in [5.74, 6) is 2.67. The van der Waals surface area contributed by atoms with Crippen molar-refractivity contribution in [3.05, 3.63) is 29.3 Å². The largest absolute Gasteiger partial charge is 0.493 e. The van der Waals surface area contributed by atoms with Crippen molar-refractivity contribution in [3.8, 4) is 5.75 Å². The maximum absolute atomic E-state index is 6.14. The van der Waals surface area contributed by atoms with Crippen molar-refractivity contribution in [2.24, 2.45) is 5.92 Å². The molecule has 0 aromatic heterocycles. The summed E-state index contributed by atoms with van der Waals surface area (Å²) in [6.07, 6.45) is 6.29. The van der Waals surface area contributed by atoms with Gasteiger partial charge in [-0.05, 0) is 74.2 Å². The summed E-state index contributed by atoms with van der Waals surface area (Å²) in [6, 6.07) is 6.87. The minimum Gasteiger partial charge on any atom is -0.493 e. The van der Waals surface area contributed by atoms with Crippen molar-refractivity contribution in [1.82, 2.24) is 5.32 Å². The third kappa shape index (κ3) is 3.30. The van der Waals surface area contributed by atoms with Crippen LogP contribution < -0.4 is 10.1 Å². The maximum atomic E-state index is 6.14. The molecule has 1 aromatic carbocycles. The normalized spacial score (nSPS) is 20.5. The second-order valence-corrected chi connectivity index (χ2v) is 6.00. The van der Waals surface area contributed by atoms with Gasteiger partial charge in [0.15, 0.2) is 0 Å². The van der Waals surface area contributed by atoms with E-state index in [0.29, 0.717) is 5.92 Å². The first-order valence-electron chi connectivity index (χ1n) is 7.83. The van der Waals surface area contributed by atoms with Gasteiger partial charge in [-0.25, -0.2) is 0 Å². The lowest BCUT2D eigenvalue weighted by atomic mass is 9.89. The molecule has 1 heterocycles. The highest BCUT2D eigenvalue weighted by atomic mass is 16.5. The molecule has 104 valence electrons. The Kier molecular flexibility index (Phi) is 4.07. The first-order chi connectivity index (χ1) is 9.36. The lowest BCUT2D eigenvalue weighted by molar-refractivity contribution is 0.292. The molecule has 1 saturated carbocycles. The Balaban J connectivity index is 1.78. The van der Waals surface area contributed by atoms with E-state index in [1.807, 2.05) is 0 Å². The van der Waals surface area contributed by atoms with Crippen LogP contribution in [0.1, 0.15) is 49.7 Å². The van der Waals surface area contributed by atoms with Crippen LogP contribution in [0.3, 0.4) is 0 Å². The third-order valence-electron chi connectivity index (χ3n) is 4.44. The first-order valence-corrected chi connectivity index (χ1v) is 7.83. The van der Waals surface area contributed by atoms with Gasteiger partial charge in [0.05, 0.1) is 6.61 Å². The SMILES string of the molecule is CCc1ccc(C2CCNCC2)c(OCC2CC2)c1. The minimum atomic E-state index is 0.682. The summed E-state index contributed by atoms with van der Waals surface area (Å²) in [4.78, 5) is 0. The van der Waals surface area contributed by atoms with Crippen LogP contribution in [0.25, 0.3) is 0 Å². The minimum absolute atomic E-state index is 0.682. The fourth-order valence-corrected chi connectivity index (χ4v) is 2.89. The lowest BCUT2D eigenvalue weighted by Crippen LogP contribution is -2.27. The Hall–Kier alpha value is -1.02. The van der Waals surface area contributed by atoms with Crippen molar-refractivity contribution in [2.75, 3.05) is 19.7 Å². The average Bonchev–Trinajstić information content (AvgIpc) is 3.30. The molecule has 2 fully saturated rings. The summed E-state index contributed by atoms with van der Waals surface area (Å²) in [5, 5.41) is 3.45. The lowest BCUT2D eigenvalue weighted by Gasteiger charge is -2.25. The van der Waals surface area contributed by atoms with Crippen molar-refractivity contribution < 1.29 is 4.74 Å². The highest BCUT2D eigenvalue weighted by molar-refractivity contribution is 5.40. The molecule has 1 saturated heterocycles. The quantitative estimate of drug-likeness (QED) is 0.873. The topological polar surface area (TPSA) is 21.3 Å². The van der Waals surface area contributed by atoms with Crippen molar-refractivity contribution >= 4 is 0 Å². The number of piperidine rings is 1. The molecule has 2 heteroatoms. The van der Waals surface area contributed by atoms with E-state index in [9.17, 15) is 0 Å². The van der Waals surface area contributed by atoms with E-state index in [2.05, 4.69) is 30.4 Å². The van der Waals surface area contributed by atoms with Crippen LogP contribution in [0.2, 0.25) is 0 Å². The molecule has 1 N–H and O–H groups in total. The molecule has 0 spiro atoms. The summed E-state index contributed by atoms with van der Waals surface area (Å²) in [7, 11) is 0. The van der Waals surface area contributed by atoms with Crippen molar-refractivity contribution in [3.63, 3.8) is 0 Å². The van der Waals surface area contributed by atoms with Gasteiger partial charge in [0.2, 0.25) is 0 Å². The van der Waals surface area contributed by atoms with Gasteiger partial charge >= 0.3 is 0 Å². The zero-order valence-electron chi connectivity index (χ0n) is 12.0. The maximum Gasteiger partial charge on any atom is 0.123 e. The van der Waals surface area contributed by atoms with E-state index in [4.69, 9.17) is 4.74 Å². The van der Waals surface area contributed by atoms with Crippen LogP contribution in [0.5, 0.6) is 5.75 Å². The van der Waals surface area contributed by atoms with E-state index in [1.54, 1.807) is 0 Å². The standard InChI is InChI=1S/C17H25NO/c1-2-13-5-6-16(15-7-9-18-10-8-15)17(11-13)19-12-14-3-4-14/h5-6,11,14-15,18H,2-4,7-10,12H2,1H3. The molecule has 1 aliphatic heterocycles. The van der Waals surface area contributed by atoms with Gasteiger partial charge in [-0.2, -0.15) is 0 Å².